The van der Waals surface area contributed by atoms with E-state index in [9.17, 15) is 14.4 Å². The molecule has 0 aliphatic carbocycles. The summed E-state index contributed by atoms with van der Waals surface area (Å²) in [6.45, 7) is 1.78. The molecule has 1 saturated heterocycles. The van der Waals surface area contributed by atoms with Crippen LogP contribution in [0.3, 0.4) is 0 Å². The van der Waals surface area contributed by atoms with Crippen LogP contribution in [0.5, 0.6) is 0 Å². The van der Waals surface area contributed by atoms with Crippen LogP contribution in [0, 0.1) is 0 Å². The lowest BCUT2D eigenvalue weighted by Gasteiger charge is -2.16. The third-order valence-electron chi connectivity index (χ3n) is 2.55. The van der Waals surface area contributed by atoms with Crippen molar-refractivity contribution >= 4 is 44.2 Å². The molecule has 1 aliphatic heterocycles. The lowest BCUT2D eigenvalue weighted by Crippen LogP contribution is -2.29. The molecule has 2 amide bonds. The fraction of sp³-hybridized carbons (Fsp3) is 0.333. The minimum atomic E-state index is -0.216. The molecule has 0 spiro atoms. The summed E-state index contributed by atoms with van der Waals surface area (Å²) in [5.41, 5.74) is 0.469. The third kappa shape index (κ3) is 3.16. The van der Waals surface area contributed by atoms with Gasteiger partial charge >= 0.3 is 0 Å². The van der Waals surface area contributed by atoms with Crippen molar-refractivity contribution in [2.75, 3.05) is 4.90 Å². The molecule has 0 saturated carbocycles. The SMILES string of the molecule is CCC(=O)SSc1ncccc1N1C(=O)CCC1=O. The van der Waals surface area contributed by atoms with E-state index in [2.05, 4.69) is 4.98 Å². The summed E-state index contributed by atoms with van der Waals surface area (Å²) in [5.74, 6) is -0.432. The Bertz CT molecular complexity index is 517. The molecule has 0 unspecified atom stereocenters. The molecule has 5 nitrogen and oxygen atoms in total. The fourth-order valence-corrected chi connectivity index (χ4v) is 3.50. The van der Waals surface area contributed by atoms with Gasteiger partial charge in [0.25, 0.3) is 0 Å². The van der Waals surface area contributed by atoms with Crippen LogP contribution in [0.25, 0.3) is 0 Å². The number of hydrogen-bond donors (Lipinski definition) is 0. The quantitative estimate of drug-likeness (QED) is 0.628. The number of pyridine rings is 1. The Morgan fingerprint density at radius 1 is 1.37 bits per heavy atom. The van der Waals surface area contributed by atoms with Crippen LogP contribution < -0.4 is 4.90 Å². The average molecular weight is 296 g/mol. The monoisotopic (exact) mass is 296 g/mol. The van der Waals surface area contributed by atoms with Crippen molar-refractivity contribution in [1.29, 1.82) is 0 Å². The van der Waals surface area contributed by atoms with E-state index in [0.29, 0.717) is 17.1 Å². The van der Waals surface area contributed by atoms with Gasteiger partial charge in [-0.15, -0.1) is 0 Å². The first-order valence-corrected chi connectivity index (χ1v) is 7.96. The molecule has 1 aromatic rings. The maximum atomic E-state index is 11.7. The molecule has 100 valence electrons. The van der Waals surface area contributed by atoms with Crippen LogP contribution in [-0.2, 0) is 14.4 Å². The van der Waals surface area contributed by atoms with Crippen molar-refractivity contribution in [3.8, 4) is 0 Å². The smallest absolute Gasteiger partial charge is 0.234 e. The van der Waals surface area contributed by atoms with Crippen LogP contribution >= 0.6 is 21.6 Å². The summed E-state index contributed by atoms with van der Waals surface area (Å²) in [7, 11) is 2.25. The number of imide groups is 1. The highest BCUT2D eigenvalue weighted by molar-refractivity contribution is 8.82. The number of aromatic nitrogens is 1. The standard InChI is InChI=1S/C12H12N2O3S2/c1-2-11(17)18-19-12-8(4-3-7-13-12)14-9(15)5-6-10(14)16/h3-4,7H,2,5-6H2,1H3. The molecule has 1 aromatic heterocycles. The maximum absolute atomic E-state index is 11.7. The molecular weight excluding hydrogens is 284 g/mol. The van der Waals surface area contributed by atoms with E-state index >= 15 is 0 Å². The summed E-state index contributed by atoms with van der Waals surface area (Å²) < 4.78 is 0. The summed E-state index contributed by atoms with van der Waals surface area (Å²) in [6.07, 6.45) is 2.48. The molecule has 0 bridgehead atoms. The van der Waals surface area contributed by atoms with E-state index in [1.807, 2.05) is 0 Å². The van der Waals surface area contributed by atoms with Crippen LogP contribution in [0.1, 0.15) is 26.2 Å². The Morgan fingerprint density at radius 3 is 2.68 bits per heavy atom. The number of nitrogens with zero attached hydrogens (tertiary/aromatic N) is 2. The van der Waals surface area contributed by atoms with Gasteiger partial charge in [0.2, 0.25) is 11.8 Å². The number of carbonyl (C=O) groups is 3. The highest BCUT2D eigenvalue weighted by Gasteiger charge is 2.32. The predicted molar refractivity (Wildman–Crippen MR) is 74.7 cm³/mol. The molecule has 19 heavy (non-hydrogen) atoms. The van der Waals surface area contributed by atoms with Crippen LogP contribution in [0.2, 0.25) is 0 Å². The summed E-state index contributed by atoms with van der Waals surface area (Å²) in [5, 5.41) is 0.540. The molecule has 0 atom stereocenters. The van der Waals surface area contributed by atoms with Crippen molar-refractivity contribution in [2.45, 2.75) is 31.2 Å². The maximum Gasteiger partial charge on any atom is 0.234 e. The van der Waals surface area contributed by atoms with Crippen molar-refractivity contribution in [3.05, 3.63) is 18.3 Å². The fourth-order valence-electron chi connectivity index (χ4n) is 1.61. The van der Waals surface area contributed by atoms with Crippen molar-refractivity contribution < 1.29 is 14.4 Å². The molecule has 0 aromatic carbocycles. The first-order valence-electron chi connectivity index (χ1n) is 5.81. The van der Waals surface area contributed by atoms with Gasteiger partial charge < -0.3 is 0 Å². The normalized spacial score (nSPS) is 15.1. The number of amides is 2. The van der Waals surface area contributed by atoms with Gasteiger partial charge in [0, 0.05) is 25.5 Å². The van der Waals surface area contributed by atoms with Gasteiger partial charge in [0.05, 0.1) is 5.69 Å². The van der Waals surface area contributed by atoms with Crippen molar-refractivity contribution in [1.82, 2.24) is 4.98 Å². The van der Waals surface area contributed by atoms with Gasteiger partial charge in [-0.25, -0.2) is 9.88 Å². The zero-order chi connectivity index (χ0) is 13.8. The van der Waals surface area contributed by atoms with E-state index in [0.717, 1.165) is 15.7 Å². The Kier molecular flexibility index (Phi) is 4.60. The lowest BCUT2D eigenvalue weighted by molar-refractivity contribution is -0.121. The Labute approximate surface area is 118 Å². The van der Waals surface area contributed by atoms with E-state index in [1.165, 1.54) is 10.8 Å². The van der Waals surface area contributed by atoms with Crippen molar-refractivity contribution in [2.24, 2.45) is 0 Å². The molecule has 0 radical (unpaired) electrons. The van der Waals surface area contributed by atoms with E-state index in [1.54, 1.807) is 25.3 Å². The molecule has 7 heteroatoms. The number of anilines is 1. The third-order valence-corrected chi connectivity index (χ3v) is 4.86. The van der Waals surface area contributed by atoms with Crippen LogP contribution in [-0.4, -0.2) is 21.9 Å². The van der Waals surface area contributed by atoms with Crippen LogP contribution in [0.15, 0.2) is 23.4 Å². The first kappa shape index (κ1) is 14.1. The molecule has 0 N–H and O–H groups in total. The van der Waals surface area contributed by atoms with Crippen molar-refractivity contribution in [3.63, 3.8) is 0 Å². The molecule has 2 heterocycles. The van der Waals surface area contributed by atoms with Gasteiger partial charge in [0.1, 0.15) is 5.03 Å². The van der Waals surface area contributed by atoms with Crippen LogP contribution in [0.4, 0.5) is 5.69 Å². The minimum absolute atomic E-state index is 0.0284. The van der Waals surface area contributed by atoms with Gasteiger partial charge in [0.15, 0.2) is 5.12 Å². The summed E-state index contributed by atoms with van der Waals surface area (Å²) >= 11 is 0. The van der Waals surface area contributed by atoms with Gasteiger partial charge in [-0.05, 0) is 33.7 Å². The highest BCUT2D eigenvalue weighted by Crippen LogP contribution is 2.38. The van der Waals surface area contributed by atoms with E-state index in [4.69, 9.17) is 0 Å². The second kappa shape index (κ2) is 6.21. The first-order chi connectivity index (χ1) is 9.13. The Morgan fingerprint density at radius 2 is 2.05 bits per heavy atom. The highest BCUT2D eigenvalue weighted by atomic mass is 33.1. The topological polar surface area (TPSA) is 67.3 Å². The van der Waals surface area contributed by atoms with Gasteiger partial charge in [-0.2, -0.15) is 0 Å². The van der Waals surface area contributed by atoms with Gasteiger partial charge in [-0.1, -0.05) is 6.92 Å². The Balaban J connectivity index is 2.23. The second-order valence-electron chi connectivity index (χ2n) is 3.84. The predicted octanol–water partition coefficient (Wildman–Crippen LogP) is 2.41. The second-order valence-corrected chi connectivity index (χ2v) is 6.02. The summed E-state index contributed by atoms with van der Waals surface area (Å²) in [4.78, 5) is 40.1. The van der Waals surface area contributed by atoms with Gasteiger partial charge in [-0.3, -0.25) is 14.4 Å². The molecular formula is C12H12N2O3S2. The minimum Gasteiger partial charge on any atom is -0.286 e. The van der Waals surface area contributed by atoms with E-state index in [-0.39, 0.29) is 29.8 Å². The lowest BCUT2D eigenvalue weighted by atomic mass is 10.4. The zero-order valence-electron chi connectivity index (χ0n) is 10.3. The number of hydrogen-bond acceptors (Lipinski definition) is 6. The zero-order valence-corrected chi connectivity index (χ0v) is 11.9. The molecule has 2 rings (SSSR count). The molecule has 1 fully saturated rings. The number of rotatable bonds is 4. The average Bonchev–Trinajstić information content (AvgIpc) is 2.76. The largest absolute Gasteiger partial charge is 0.286 e. The molecule has 1 aliphatic rings. The number of carbonyl (C=O) groups excluding carboxylic acids is 3. The Hall–Kier alpha value is -1.34. The van der Waals surface area contributed by atoms with E-state index < -0.39 is 0 Å². The summed E-state index contributed by atoms with van der Waals surface area (Å²) in [6, 6.07) is 3.35.